The number of amides is 4. The van der Waals surface area contributed by atoms with E-state index in [1.165, 1.54) is 24.3 Å². The number of hydrogen-bond acceptors (Lipinski definition) is 7. The first-order valence-electron chi connectivity index (χ1n) is 8.37. The zero-order chi connectivity index (χ0) is 20.9. The third-order valence-corrected chi connectivity index (χ3v) is 3.15. The minimum absolute atomic E-state index is 0.329. The molecule has 0 atom stereocenters. The van der Waals surface area contributed by atoms with Gasteiger partial charge in [0.05, 0.1) is 11.4 Å². The fraction of sp³-hybridized carbons (Fsp3) is 0. The summed E-state index contributed by atoms with van der Waals surface area (Å²) in [6.45, 7) is 0. The zero-order valence-corrected chi connectivity index (χ0v) is 15.1. The van der Waals surface area contributed by atoms with Crippen LogP contribution in [0.2, 0.25) is 0 Å². The number of benzene rings is 2. The second kappa shape index (κ2) is 11.5. The first kappa shape index (κ1) is 21.1. The molecule has 2 aliphatic heterocycles. The second-order valence-corrected chi connectivity index (χ2v) is 5.41. The van der Waals surface area contributed by atoms with Crippen LogP contribution in [0.5, 0.6) is 0 Å². The quantitative estimate of drug-likeness (QED) is 0.457. The molecule has 0 saturated heterocycles. The Labute approximate surface area is 166 Å². The molecule has 4 N–H and O–H groups in total. The minimum atomic E-state index is -0.329. The van der Waals surface area contributed by atoms with Crippen LogP contribution in [0, 0.1) is 0 Å². The average molecular weight is 394 g/mol. The van der Waals surface area contributed by atoms with Crippen LogP contribution >= 0.6 is 0 Å². The van der Waals surface area contributed by atoms with Crippen LogP contribution in [0.3, 0.4) is 0 Å². The van der Waals surface area contributed by atoms with Gasteiger partial charge in [-0.15, -0.1) is 0 Å². The highest BCUT2D eigenvalue weighted by atomic mass is 16.8. The summed E-state index contributed by atoms with van der Waals surface area (Å²) >= 11 is 0. The smallest absolute Gasteiger partial charge is 0.250 e. The molecule has 0 aliphatic carbocycles. The van der Waals surface area contributed by atoms with Crippen molar-refractivity contribution in [2.75, 3.05) is 11.0 Å². The van der Waals surface area contributed by atoms with E-state index in [1.807, 2.05) is 71.3 Å². The van der Waals surface area contributed by atoms with E-state index >= 15 is 0 Å². The van der Waals surface area contributed by atoms with Crippen LogP contribution in [0.1, 0.15) is 0 Å². The minimum Gasteiger partial charge on any atom is -0.289 e. The lowest BCUT2D eigenvalue weighted by Gasteiger charge is -2.07. The van der Waals surface area contributed by atoms with Gasteiger partial charge >= 0.3 is 0 Å². The predicted octanol–water partition coefficient (Wildman–Crippen LogP) is 1.46. The second-order valence-electron chi connectivity index (χ2n) is 5.41. The molecule has 9 nitrogen and oxygen atoms in total. The lowest BCUT2D eigenvalue weighted by molar-refractivity contribution is -0.125. The van der Waals surface area contributed by atoms with Gasteiger partial charge in [-0.25, -0.2) is 11.0 Å². The molecule has 29 heavy (non-hydrogen) atoms. The molecule has 0 unspecified atom stereocenters. The molecule has 2 aromatic carbocycles. The summed E-state index contributed by atoms with van der Waals surface area (Å²) in [6, 6.07) is 19.4. The van der Waals surface area contributed by atoms with Crippen LogP contribution in [0.25, 0.3) is 0 Å². The molecule has 9 heteroatoms. The Morgan fingerprint density at radius 3 is 1.07 bits per heavy atom. The first-order chi connectivity index (χ1) is 14.0. The van der Waals surface area contributed by atoms with Crippen molar-refractivity contribution in [1.29, 1.82) is 0 Å². The van der Waals surface area contributed by atoms with E-state index in [0.29, 0.717) is 0 Å². The number of imide groups is 2. The maximum absolute atomic E-state index is 10.0. The van der Waals surface area contributed by atoms with Crippen LogP contribution in [0.15, 0.2) is 85.0 Å². The van der Waals surface area contributed by atoms with Gasteiger partial charge in [0.1, 0.15) is 0 Å². The summed E-state index contributed by atoms with van der Waals surface area (Å²) in [6.07, 6.45) is 4.79. The van der Waals surface area contributed by atoms with Gasteiger partial charge in [0.15, 0.2) is 0 Å². The molecule has 0 spiro atoms. The Kier molecular flexibility index (Phi) is 8.33. The molecule has 0 bridgehead atoms. The van der Waals surface area contributed by atoms with Crippen molar-refractivity contribution in [2.45, 2.75) is 0 Å². The van der Waals surface area contributed by atoms with Gasteiger partial charge in [-0.2, -0.15) is 4.94 Å². The lowest BCUT2D eigenvalue weighted by Crippen LogP contribution is -2.19. The van der Waals surface area contributed by atoms with Crippen molar-refractivity contribution in [3.05, 3.63) is 85.0 Å². The van der Waals surface area contributed by atoms with Crippen molar-refractivity contribution in [2.24, 2.45) is 0 Å². The van der Waals surface area contributed by atoms with Crippen molar-refractivity contribution >= 4 is 35.0 Å². The summed E-state index contributed by atoms with van der Waals surface area (Å²) in [4.78, 5) is 45.2. The maximum atomic E-state index is 10.0. The summed E-state index contributed by atoms with van der Waals surface area (Å²) in [5, 5.41) is 4.06. The third kappa shape index (κ3) is 8.80. The van der Waals surface area contributed by atoms with Crippen LogP contribution in [-0.4, -0.2) is 23.6 Å². The van der Waals surface area contributed by atoms with E-state index in [0.717, 1.165) is 11.4 Å². The average Bonchev–Trinajstić information content (AvgIpc) is 3.30. The molecule has 0 saturated carbocycles. The number of carbonyl (C=O) groups is 4. The number of nitrogens with one attached hydrogen (secondary N) is 4. The van der Waals surface area contributed by atoms with Crippen LogP contribution in [0.4, 0.5) is 11.4 Å². The monoisotopic (exact) mass is 394 g/mol. The van der Waals surface area contributed by atoms with E-state index in [-0.39, 0.29) is 23.6 Å². The molecule has 4 rings (SSSR count). The van der Waals surface area contributed by atoms with Crippen molar-refractivity contribution in [3.63, 3.8) is 0 Å². The summed E-state index contributed by atoms with van der Waals surface area (Å²) in [7, 11) is 0. The molecule has 2 aromatic rings. The van der Waals surface area contributed by atoms with Crippen LogP contribution < -0.4 is 21.6 Å². The number of anilines is 2. The lowest BCUT2D eigenvalue weighted by atomic mass is 10.3. The Bertz CT molecular complexity index is 803. The zero-order valence-electron chi connectivity index (χ0n) is 15.1. The maximum Gasteiger partial charge on any atom is 0.250 e. The Morgan fingerprint density at radius 1 is 0.517 bits per heavy atom. The van der Waals surface area contributed by atoms with Gasteiger partial charge in [-0.05, 0) is 24.3 Å². The van der Waals surface area contributed by atoms with Crippen molar-refractivity contribution < 1.29 is 24.1 Å². The Morgan fingerprint density at radius 2 is 0.828 bits per heavy atom. The Balaban J connectivity index is 0.000000178. The molecule has 4 amide bonds. The topological polar surface area (TPSA) is 126 Å². The van der Waals surface area contributed by atoms with E-state index in [1.54, 1.807) is 0 Å². The van der Waals surface area contributed by atoms with Gasteiger partial charge < -0.3 is 0 Å². The highest BCUT2D eigenvalue weighted by Crippen LogP contribution is 2.07. The normalized spacial score (nSPS) is 13.5. The van der Waals surface area contributed by atoms with E-state index < -0.39 is 0 Å². The molecule has 148 valence electrons. The summed E-state index contributed by atoms with van der Waals surface area (Å²) < 4.78 is 0. The third-order valence-electron chi connectivity index (χ3n) is 3.15. The van der Waals surface area contributed by atoms with Gasteiger partial charge in [-0.3, -0.25) is 29.8 Å². The molecule has 0 fully saturated rings. The largest absolute Gasteiger partial charge is 0.289 e. The highest BCUT2D eigenvalue weighted by molar-refractivity contribution is 6.13. The molecular formula is C20H18N4O5. The van der Waals surface area contributed by atoms with Crippen molar-refractivity contribution in [3.8, 4) is 0 Å². The molecular weight excluding hydrogens is 376 g/mol. The van der Waals surface area contributed by atoms with Gasteiger partial charge in [0, 0.05) is 24.3 Å². The van der Waals surface area contributed by atoms with Gasteiger partial charge in [0.25, 0.3) is 23.6 Å². The van der Waals surface area contributed by atoms with Crippen molar-refractivity contribution in [1.82, 2.24) is 10.6 Å². The molecule has 2 heterocycles. The fourth-order valence-electron chi connectivity index (χ4n) is 1.87. The van der Waals surface area contributed by atoms with E-state index in [2.05, 4.69) is 11.0 Å². The summed E-state index contributed by atoms with van der Waals surface area (Å²) in [5.74, 6) is -1.31. The van der Waals surface area contributed by atoms with Crippen LogP contribution in [-0.2, 0) is 24.1 Å². The molecule has 2 aliphatic rings. The van der Waals surface area contributed by atoms with E-state index in [9.17, 15) is 19.2 Å². The number of rotatable bonds is 4. The number of hydrogen-bond donors (Lipinski definition) is 4. The fourth-order valence-corrected chi connectivity index (χ4v) is 1.87. The molecule has 0 radical (unpaired) electrons. The van der Waals surface area contributed by atoms with Gasteiger partial charge in [-0.1, -0.05) is 36.4 Å². The SMILES string of the molecule is O=C1C=CC(=O)N1.O=C1C=CC(=O)N1.c1ccc(NONc2ccccc2)cc1. The Hall–Kier alpha value is -4.24. The standard InChI is InChI=1S/C12H12N2O.2C4H3NO2/c1-3-7-11(8-4-1)13-15-14-12-9-5-2-6-10-12;2*6-3-1-2-4(7)5-3/h1-10,13-14H;2*1-2H,(H,5,6,7). The highest BCUT2D eigenvalue weighted by Gasteiger charge is 2.07. The number of para-hydroxylation sites is 2. The van der Waals surface area contributed by atoms with Gasteiger partial charge in [0.2, 0.25) is 0 Å². The predicted molar refractivity (Wildman–Crippen MR) is 106 cm³/mol. The summed E-state index contributed by atoms with van der Waals surface area (Å²) in [5.41, 5.74) is 7.37. The first-order valence-corrected chi connectivity index (χ1v) is 8.37. The number of carbonyl (C=O) groups excluding carboxylic acids is 4. The molecule has 0 aromatic heterocycles. The van der Waals surface area contributed by atoms with E-state index in [4.69, 9.17) is 4.94 Å².